The van der Waals surface area contributed by atoms with Gasteiger partial charge < -0.3 is 10.6 Å². The van der Waals surface area contributed by atoms with Crippen molar-refractivity contribution in [2.45, 2.75) is 52.9 Å². The zero-order valence-electron chi connectivity index (χ0n) is 13.5. The molecule has 2 N–H and O–H groups in total. The van der Waals surface area contributed by atoms with Gasteiger partial charge in [-0.05, 0) is 24.7 Å². The summed E-state index contributed by atoms with van der Waals surface area (Å²) in [5.74, 6) is 0.789. The van der Waals surface area contributed by atoms with Crippen LogP contribution in [0.1, 0.15) is 69.2 Å². The van der Waals surface area contributed by atoms with Crippen LogP contribution in [0, 0.1) is 5.41 Å². The molecule has 0 spiro atoms. The maximum Gasteiger partial charge on any atom is 0.274 e. The normalized spacial score (nSPS) is 18.6. The van der Waals surface area contributed by atoms with E-state index < -0.39 is 0 Å². The molecule has 0 atom stereocenters. The number of amides is 1. The van der Waals surface area contributed by atoms with E-state index in [2.05, 4.69) is 23.8 Å². The number of rotatable bonds is 2. The Morgan fingerprint density at radius 1 is 1.33 bits per heavy atom. The molecule has 0 radical (unpaired) electrons. The summed E-state index contributed by atoms with van der Waals surface area (Å²) >= 11 is 0. The predicted molar refractivity (Wildman–Crippen MR) is 84.1 cm³/mol. The van der Waals surface area contributed by atoms with Gasteiger partial charge in [-0.1, -0.05) is 27.7 Å². The summed E-state index contributed by atoms with van der Waals surface area (Å²) in [4.78, 5) is 23.2. The van der Waals surface area contributed by atoms with Gasteiger partial charge in [-0.3, -0.25) is 4.79 Å². The van der Waals surface area contributed by atoms with Gasteiger partial charge >= 0.3 is 0 Å². The van der Waals surface area contributed by atoms with Crippen molar-refractivity contribution in [1.82, 2.24) is 14.9 Å². The van der Waals surface area contributed by atoms with Crippen molar-refractivity contribution in [2.24, 2.45) is 5.41 Å². The summed E-state index contributed by atoms with van der Waals surface area (Å²) in [5.41, 5.74) is 6.94. The second-order valence-corrected chi connectivity index (χ2v) is 7.00. The fourth-order valence-corrected chi connectivity index (χ4v) is 2.63. The molecular formula is C16H26N4O. The zero-order chi connectivity index (χ0) is 15.6. The first kappa shape index (κ1) is 15.7. The topological polar surface area (TPSA) is 72.1 Å². The lowest BCUT2D eigenvalue weighted by Gasteiger charge is -2.23. The molecule has 2 rings (SSSR count). The summed E-state index contributed by atoms with van der Waals surface area (Å²) in [5, 5.41) is 0. The number of likely N-dealkylation sites (tertiary alicyclic amines) is 1. The third-order valence-corrected chi connectivity index (χ3v) is 4.18. The lowest BCUT2D eigenvalue weighted by atomic mass is 9.85. The van der Waals surface area contributed by atoms with Crippen LogP contribution in [0.2, 0.25) is 0 Å². The minimum atomic E-state index is -0.0606. The first-order valence-corrected chi connectivity index (χ1v) is 7.72. The molecule has 5 nitrogen and oxygen atoms in total. The number of carbonyl (C=O) groups is 1. The number of hydrogen-bond donors (Lipinski definition) is 1. The van der Waals surface area contributed by atoms with E-state index in [-0.39, 0.29) is 11.8 Å². The van der Waals surface area contributed by atoms with Crippen molar-refractivity contribution in [2.75, 3.05) is 18.8 Å². The van der Waals surface area contributed by atoms with Gasteiger partial charge in [0.2, 0.25) is 0 Å². The Kier molecular flexibility index (Phi) is 4.49. The molecule has 1 aliphatic heterocycles. The Balaban J connectivity index is 2.21. The smallest absolute Gasteiger partial charge is 0.274 e. The highest BCUT2D eigenvalue weighted by Crippen LogP contribution is 2.30. The van der Waals surface area contributed by atoms with Crippen molar-refractivity contribution in [3.05, 3.63) is 17.7 Å². The zero-order valence-corrected chi connectivity index (χ0v) is 13.5. The summed E-state index contributed by atoms with van der Waals surface area (Å²) in [6.45, 7) is 10.1. The van der Waals surface area contributed by atoms with Gasteiger partial charge in [0.1, 0.15) is 5.82 Å². The maximum absolute atomic E-state index is 12.7. The first-order chi connectivity index (χ1) is 9.80. The van der Waals surface area contributed by atoms with Crippen molar-refractivity contribution in [3.63, 3.8) is 0 Å². The molecule has 116 valence electrons. The van der Waals surface area contributed by atoms with Crippen molar-refractivity contribution in [3.8, 4) is 0 Å². The number of nitrogens with two attached hydrogens (primary N) is 1. The monoisotopic (exact) mass is 290 g/mol. The van der Waals surface area contributed by atoms with E-state index in [0.29, 0.717) is 22.6 Å². The largest absolute Gasteiger partial charge is 0.396 e. The minimum Gasteiger partial charge on any atom is -0.396 e. The first-order valence-electron chi connectivity index (χ1n) is 7.72. The molecule has 0 unspecified atom stereocenters. The second kappa shape index (κ2) is 6.00. The number of anilines is 1. The van der Waals surface area contributed by atoms with Crippen molar-refractivity contribution < 1.29 is 4.79 Å². The number of hydrogen-bond acceptors (Lipinski definition) is 4. The van der Waals surface area contributed by atoms with Crippen LogP contribution in [0.15, 0.2) is 6.20 Å². The lowest BCUT2D eigenvalue weighted by molar-refractivity contribution is 0.0752. The Labute approximate surface area is 127 Å². The third-order valence-electron chi connectivity index (χ3n) is 4.18. The highest BCUT2D eigenvalue weighted by molar-refractivity contribution is 5.97. The fourth-order valence-electron chi connectivity index (χ4n) is 2.63. The highest BCUT2D eigenvalue weighted by atomic mass is 16.2. The van der Waals surface area contributed by atoms with Crippen LogP contribution in [-0.2, 0) is 0 Å². The number of aromatic nitrogens is 2. The second-order valence-electron chi connectivity index (χ2n) is 7.00. The molecule has 2 heterocycles. The van der Waals surface area contributed by atoms with Crippen molar-refractivity contribution >= 4 is 11.6 Å². The predicted octanol–water partition coefficient (Wildman–Crippen LogP) is 2.83. The van der Waals surface area contributed by atoms with Crippen LogP contribution in [-0.4, -0.2) is 33.9 Å². The van der Waals surface area contributed by atoms with Crippen LogP contribution in [0.4, 0.5) is 5.69 Å². The molecule has 1 aromatic rings. The average molecular weight is 290 g/mol. The standard InChI is InChI=1S/C16H26N4O/c1-11(2)14-18-10-12(17)13(19-14)15(21)20-8-5-6-16(3,4)7-9-20/h10-11H,5-9,17H2,1-4H3. The molecule has 0 bridgehead atoms. The summed E-state index contributed by atoms with van der Waals surface area (Å²) < 4.78 is 0. The number of nitrogens with zero attached hydrogens (tertiary/aromatic N) is 3. The van der Waals surface area contributed by atoms with Gasteiger partial charge in [-0.2, -0.15) is 0 Å². The summed E-state index contributed by atoms with van der Waals surface area (Å²) in [6.07, 6.45) is 4.74. The van der Waals surface area contributed by atoms with E-state index in [1.54, 1.807) is 6.20 Å². The summed E-state index contributed by atoms with van der Waals surface area (Å²) in [7, 11) is 0. The molecule has 1 aromatic heterocycles. The van der Waals surface area contributed by atoms with Gasteiger partial charge in [-0.15, -0.1) is 0 Å². The molecule has 1 aliphatic rings. The molecule has 21 heavy (non-hydrogen) atoms. The molecule has 1 amide bonds. The quantitative estimate of drug-likeness (QED) is 0.909. The highest BCUT2D eigenvalue weighted by Gasteiger charge is 2.27. The molecule has 1 fully saturated rings. The Hall–Kier alpha value is -1.65. The van der Waals surface area contributed by atoms with Crippen LogP contribution in [0.5, 0.6) is 0 Å². The van der Waals surface area contributed by atoms with Crippen LogP contribution in [0.25, 0.3) is 0 Å². The van der Waals surface area contributed by atoms with Gasteiger partial charge in [0.05, 0.1) is 11.9 Å². The Morgan fingerprint density at radius 3 is 2.71 bits per heavy atom. The molecule has 0 aliphatic carbocycles. The molecule has 5 heteroatoms. The Morgan fingerprint density at radius 2 is 2.05 bits per heavy atom. The SMILES string of the molecule is CC(C)c1ncc(N)c(C(=O)N2CCCC(C)(C)CC2)n1. The van der Waals surface area contributed by atoms with Gasteiger partial charge in [-0.25, -0.2) is 9.97 Å². The fraction of sp³-hybridized carbons (Fsp3) is 0.688. The maximum atomic E-state index is 12.7. The van der Waals surface area contributed by atoms with E-state index in [1.165, 1.54) is 0 Å². The minimum absolute atomic E-state index is 0.0606. The molecule has 1 saturated heterocycles. The number of nitrogen functional groups attached to an aromatic ring is 1. The van der Waals surface area contributed by atoms with Gasteiger partial charge in [0.15, 0.2) is 5.69 Å². The average Bonchev–Trinajstić information content (AvgIpc) is 2.59. The molecule has 0 aromatic carbocycles. The van der Waals surface area contributed by atoms with E-state index in [0.717, 1.165) is 32.4 Å². The molecule has 0 saturated carbocycles. The van der Waals surface area contributed by atoms with E-state index >= 15 is 0 Å². The van der Waals surface area contributed by atoms with Crippen LogP contribution in [0.3, 0.4) is 0 Å². The number of carbonyl (C=O) groups excluding carboxylic acids is 1. The molecular weight excluding hydrogens is 264 g/mol. The van der Waals surface area contributed by atoms with Crippen LogP contribution < -0.4 is 5.73 Å². The van der Waals surface area contributed by atoms with E-state index in [1.807, 2.05) is 18.7 Å². The lowest BCUT2D eigenvalue weighted by Crippen LogP contribution is -2.33. The Bertz CT molecular complexity index is 525. The van der Waals surface area contributed by atoms with Crippen LogP contribution >= 0.6 is 0 Å². The summed E-state index contributed by atoms with van der Waals surface area (Å²) in [6, 6.07) is 0. The van der Waals surface area contributed by atoms with Gasteiger partial charge in [0, 0.05) is 19.0 Å². The van der Waals surface area contributed by atoms with E-state index in [9.17, 15) is 4.79 Å². The third kappa shape index (κ3) is 3.71. The van der Waals surface area contributed by atoms with Crippen molar-refractivity contribution in [1.29, 1.82) is 0 Å². The van der Waals surface area contributed by atoms with E-state index in [4.69, 9.17) is 5.73 Å². The van der Waals surface area contributed by atoms with Gasteiger partial charge in [0.25, 0.3) is 5.91 Å².